The van der Waals surface area contributed by atoms with Gasteiger partial charge in [-0.3, -0.25) is 4.98 Å². The van der Waals surface area contributed by atoms with E-state index in [4.69, 9.17) is 0 Å². The molecule has 3 heteroatoms. The Kier molecular flexibility index (Phi) is 2.42. The molecule has 0 amide bonds. The van der Waals surface area contributed by atoms with E-state index in [0.717, 1.165) is 17.8 Å². The van der Waals surface area contributed by atoms with Gasteiger partial charge in [-0.1, -0.05) is 0 Å². The molecule has 0 saturated heterocycles. The summed E-state index contributed by atoms with van der Waals surface area (Å²) in [6, 6.07) is 2.08. The third kappa shape index (κ3) is 1.38. The third-order valence-electron chi connectivity index (χ3n) is 2.43. The molecule has 1 N–H and O–H groups in total. The molecule has 0 spiro atoms. The maximum atomic E-state index is 4.55. The fourth-order valence-electron chi connectivity index (χ4n) is 1.58. The van der Waals surface area contributed by atoms with Gasteiger partial charge in [0.25, 0.3) is 0 Å². The second-order valence-corrected chi connectivity index (χ2v) is 4.28. The molecule has 0 fully saturated rings. The predicted molar refractivity (Wildman–Crippen MR) is 63.3 cm³/mol. The molecule has 2 aromatic heterocycles. The molecular formula is C11H14N2S. The van der Waals surface area contributed by atoms with E-state index in [-0.39, 0.29) is 0 Å². The minimum Gasteiger partial charge on any atom is -0.384 e. The van der Waals surface area contributed by atoms with Crippen LogP contribution in [0.15, 0.2) is 11.4 Å². The zero-order valence-corrected chi connectivity index (χ0v) is 9.53. The quantitative estimate of drug-likeness (QED) is 0.815. The van der Waals surface area contributed by atoms with Gasteiger partial charge in [0.2, 0.25) is 0 Å². The van der Waals surface area contributed by atoms with E-state index >= 15 is 0 Å². The van der Waals surface area contributed by atoms with Gasteiger partial charge in [-0.2, -0.15) is 0 Å². The van der Waals surface area contributed by atoms with Gasteiger partial charge in [-0.25, -0.2) is 0 Å². The first kappa shape index (κ1) is 9.46. The Hall–Kier alpha value is -1.09. The van der Waals surface area contributed by atoms with Gasteiger partial charge in [0.1, 0.15) is 0 Å². The van der Waals surface area contributed by atoms with Crippen LogP contribution in [0.2, 0.25) is 0 Å². The van der Waals surface area contributed by atoms with Crippen molar-refractivity contribution in [3.63, 3.8) is 0 Å². The van der Waals surface area contributed by atoms with Crippen molar-refractivity contribution in [1.82, 2.24) is 4.98 Å². The molecule has 0 unspecified atom stereocenters. The maximum Gasteiger partial charge on any atom is 0.0834 e. The van der Waals surface area contributed by atoms with Crippen molar-refractivity contribution in [3.05, 3.63) is 22.7 Å². The Bertz CT molecular complexity index is 460. The molecule has 2 rings (SSSR count). The van der Waals surface area contributed by atoms with E-state index in [0.29, 0.717) is 0 Å². The molecular weight excluding hydrogens is 192 g/mol. The van der Waals surface area contributed by atoms with Gasteiger partial charge in [0.15, 0.2) is 0 Å². The number of nitrogens with one attached hydrogen (secondary N) is 1. The highest BCUT2D eigenvalue weighted by molar-refractivity contribution is 7.17. The van der Waals surface area contributed by atoms with E-state index in [2.05, 4.69) is 42.5 Å². The molecule has 14 heavy (non-hydrogen) atoms. The average Bonchev–Trinajstić information content (AvgIpc) is 2.60. The number of thiophene rings is 1. The first-order valence-electron chi connectivity index (χ1n) is 4.82. The number of nitrogens with zero attached hydrogens (tertiary/aromatic N) is 1. The van der Waals surface area contributed by atoms with Crippen LogP contribution in [0.25, 0.3) is 10.2 Å². The van der Waals surface area contributed by atoms with Crippen molar-refractivity contribution in [3.8, 4) is 0 Å². The first-order chi connectivity index (χ1) is 6.74. The van der Waals surface area contributed by atoms with E-state index in [1.807, 2.05) is 0 Å². The number of aromatic nitrogens is 1. The van der Waals surface area contributed by atoms with Crippen molar-refractivity contribution >= 4 is 27.2 Å². The SMILES string of the molecule is CCNc1c(C)c(C)nc2ccsc12. The average molecular weight is 206 g/mol. The first-order valence-corrected chi connectivity index (χ1v) is 5.70. The van der Waals surface area contributed by atoms with Crippen LogP contribution >= 0.6 is 11.3 Å². The van der Waals surface area contributed by atoms with Gasteiger partial charge in [-0.05, 0) is 37.8 Å². The van der Waals surface area contributed by atoms with Crippen LogP contribution in [-0.2, 0) is 0 Å². The smallest absolute Gasteiger partial charge is 0.0834 e. The van der Waals surface area contributed by atoms with Crippen molar-refractivity contribution in [2.45, 2.75) is 20.8 Å². The molecule has 2 aromatic rings. The summed E-state index contributed by atoms with van der Waals surface area (Å²) in [6.07, 6.45) is 0. The molecule has 0 radical (unpaired) electrons. The number of pyridine rings is 1. The molecule has 0 bridgehead atoms. The zero-order valence-electron chi connectivity index (χ0n) is 8.72. The summed E-state index contributed by atoms with van der Waals surface area (Å²) < 4.78 is 1.27. The van der Waals surface area contributed by atoms with Crippen molar-refractivity contribution in [2.75, 3.05) is 11.9 Å². The summed E-state index contributed by atoms with van der Waals surface area (Å²) in [4.78, 5) is 4.55. The molecule has 2 heterocycles. The summed E-state index contributed by atoms with van der Waals surface area (Å²) in [5.74, 6) is 0. The Morgan fingerprint density at radius 3 is 2.93 bits per heavy atom. The van der Waals surface area contributed by atoms with Gasteiger partial charge < -0.3 is 5.32 Å². The Balaban J connectivity index is 2.73. The number of hydrogen-bond acceptors (Lipinski definition) is 3. The molecule has 0 aromatic carbocycles. The number of aryl methyl sites for hydroxylation is 1. The van der Waals surface area contributed by atoms with Crippen LogP contribution in [0.4, 0.5) is 5.69 Å². The number of anilines is 1. The normalized spacial score (nSPS) is 10.8. The summed E-state index contributed by atoms with van der Waals surface area (Å²) in [6.45, 7) is 7.26. The highest BCUT2D eigenvalue weighted by Crippen LogP contribution is 2.31. The fourth-order valence-corrected chi connectivity index (χ4v) is 2.49. The Labute approximate surface area is 88.0 Å². The summed E-state index contributed by atoms with van der Waals surface area (Å²) in [5.41, 5.74) is 4.74. The minimum absolute atomic E-state index is 0.956. The Morgan fingerprint density at radius 1 is 1.43 bits per heavy atom. The topological polar surface area (TPSA) is 24.9 Å². The fraction of sp³-hybridized carbons (Fsp3) is 0.364. The number of fused-ring (bicyclic) bond motifs is 1. The molecule has 0 atom stereocenters. The molecule has 74 valence electrons. The second kappa shape index (κ2) is 3.58. The van der Waals surface area contributed by atoms with Crippen LogP contribution in [0.1, 0.15) is 18.2 Å². The summed E-state index contributed by atoms with van der Waals surface area (Å²) in [7, 11) is 0. The van der Waals surface area contributed by atoms with Crippen LogP contribution in [0.3, 0.4) is 0 Å². The van der Waals surface area contributed by atoms with Crippen LogP contribution in [0, 0.1) is 13.8 Å². The highest BCUT2D eigenvalue weighted by atomic mass is 32.1. The second-order valence-electron chi connectivity index (χ2n) is 3.36. The van der Waals surface area contributed by atoms with Crippen molar-refractivity contribution in [2.24, 2.45) is 0 Å². The molecule has 0 saturated carbocycles. The van der Waals surface area contributed by atoms with Crippen molar-refractivity contribution in [1.29, 1.82) is 0 Å². The molecule has 2 nitrogen and oxygen atoms in total. The lowest BCUT2D eigenvalue weighted by atomic mass is 10.1. The maximum absolute atomic E-state index is 4.55. The van der Waals surface area contributed by atoms with E-state index in [1.165, 1.54) is 16.0 Å². The van der Waals surface area contributed by atoms with Gasteiger partial charge in [0, 0.05) is 12.2 Å². The molecule has 0 aliphatic heterocycles. The lowest BCUT2D eigenvalue weighted by Gasteiger charge is -2.10. The molecule has 0 aliphatic carbocycles. The van der Waals surface area contributed by atoms with Gasteiger partial charge in [0.05, 0.1) is 15.9 Å². The van der Waals surface area contributed by atoms with Gasteiger partial charge >= 0.3 is 0 Å². The number of rotatable bonds is 2. The summed E-state index contributed by atoms with van der Waals surface area (Å²) in [5, 5.41) is 5.51. The Morgan fingerprint density at radius 2 is 2.21 bits per heavy atom. The highest BCUT2D eigenvalue weighted by Gasteiger charge is 2.08. The van der Waals surface area contributed by atoms with E-state index < -0.39 is 0 Å². The molecule has 0 aliphatic rings. The van der Waals surface area contributed by atoms with Crippen LogP contribution < -0.4 is 5.32 Å². The minimum atomic E-state index is 0.956. The van der Waals surface area contributed by atoms with Crippen LogP contribution in [0.5, 0.6) is 0 Å². The predicted octanol–water partition coefficient (Wildman–Crippen LogP) is 3.34. The third-order valence-corrected chi connectivity index (χ3v) is 3.35. The van der Waals surface area contributed by atoms with E-state index in [9.17, 15) is 0 Å². The largest absolute Gasteiger partial charge is 0.384 e. The van der Waals surface area contributed by atoms with Crippen molar-refractivity contribution < 1.29 is 0 Å². The monoisotopic (exact) mass is 206 g/mol. The number of hydrogen-bond donors (Lipinski definition) is 1. The zero-order chi connectivity index (χ0) is 10.1. The standard InChI is InChI=1S/C11H14N2S/c1-4-12-10-7(2)8(3)13-9-5-6-14-11(9)10/h5-6H,4H2,1-3H3,(H,12,13). The van der Waals surface area contributed by atoms with Gasteiger partial charge in [-0.15, -0.1) is 11.3 Å². The lowest BCUT2D eigenvalue weighted by Crippen LogP contribution is -2.01. The van der Waals surface area contributed by atoms with E-state index in [1.54, 1.807) is 11.3 Å². The lowest BCUT2D eigenvalue weighted by molar-refractivity contribution is 1.16. The van der Waals surface area contributed by atoms with Crippen LogP contribution in [-0.4, -0.2) is 11.5 Å². The summed E-state index contributed by atoms with van der Waals surface area (Å²) >= 11 is 1.75.